The van der Waals surface area contributed by atoms with Gasteiger partial charge in [0, 0.05) is 45.2 Å². The maximum Gasteiger partial charge on any atom is 0.228 e. The summed E-state index contributed by atoms with van der Waals surface area (Å²) in [6.07, 6.45) is 4.66. The van der Waals surface area contributed by atoms with Crippen LogP contribution in [0.5, 0.6) is 0 Å². The molecule has 1 unspecified atom stereocenters. The fourth-order valence-electron chi connectivity index (χ4n) is 2.79. The summed E-state index contributed by atoms with van der Waals surface area (Å²) >= 11 is 0. The van der Waals surface area contributed by atoms with E-state index in [1.807, 2.05) is 6.92 Å². The highest BCUT2D eigenvalue weighted by atomic mass is 16.5. The molecular formula is C14H24N6O. The van der Waals surface area contributed by atoms with Crippen LogP contribution < -0.4 is 10.6 Å². The molecule has 2 aliphatic rings. The van der Waals surface area contributed by atoms with Crippen molar-refractivity contribution in [1.82, 2.24) is 25.7 Å². The van der Waals surface area contributed by atoms with Gasteiger partial charge in [-0.15, -0.1) is 0 Å². The average molecular weight is 292 g/mol. The van der Waals surface area contributed by atoms with Gasteiger partial charge in [-0.1, -0.05) is 5.16 Å². The van der Waals surface area contributed by atoms with Gasteiger partial charge in [0.1, 0.15) is 0 Å². The van der Waals surface area contributed by atoms with E-state index in [-0.39, 0.29) is 0 Å². The number of hydrogen-bond donors (Lipinski definition) is 2. The minimum Gasteiger partial charge on any atom is -0.356 e. The van der Waals surface area contributed by atoms with Crippen LogP contribution in [0.3, 0.4) is 0 Å². The third-order valence-corrected chi connectivity index (χ3v) is 4.05. The highest BCUT2D eigenvalue weighted by molar-refractivity contribution is 5.80. The first kappa shape index (κ1) is 14.3. The summed E-state index contributed by atoms with van der Waals surface area (Å²) in [6.45, 7) is 4.90. The van der Waals surface area contributed by atoms with E-state index < -0.39 is 0 Å². The summed E-state index contributed by atoms with van der Waals surface area (Å²) in [7, 11) is 1.81. The molecular weight excluding hydrogens is 268 g/mol. The van der Waals surface area contributed by atoms with Crippen LogP contribution in [0, 0.1) is 6.92 Å². The fourth-order valence-corrected chi connectivity index (χ4v) is 2.79. The molecule has 7 nitrogen and oxygen atoms in total. The fraction of sp³-hybridized carbons (Fsp3) is 0.786. The van der Waals surface area contributed by atoms with Gasteiger partial charge in [0.15, 0.2) is 11.8 Å². The number of aryl methyl sites for hydroxylation is 1. The van der Waals surface area contributed by atoms with E-state index in [2.05, 4.69) is 30.7 Å². The van der Waals surface area contributed by atoms with Crippen LogP contribution in [0.4, 0.5) is 0 Å². The van der Waals surface area contributed by atoms with Gasteiger partial charge < -0.3 is 15.2 Å². The Morgan fingerprint density at radius 2 is 2.29 bits per heavy atom. The largest absolute Gasteiger partial charge is 0.356 e. The van der Waals surface area contributed by atoms with E-state index in [9.17, 15) is 0 Å². The molecule has 2 N–H and O–H groups in total. The van der Waals surface area contributed by atoms with Crippen LogP contribution in [0.1, 0.15) is 31.0 Å². The Balaban J connectivity index is 1.39. The van der Waals surface area contributed by atoms with E-state index in [1.54, 1.807) is 7.05 Å². The van der Waals surface area contributed by atoms with Crippen molar-refractivity contribution < 1.29 is 4.52 Å². The Morgan fingerprint density at radius 3 is 2.95 bits per heavy atom. The first-order chi connectivity index (χ1) is 10.2. The number of guanidine groups is 1. The molecule has 1 aliphatic heterocycles. The van der Waals surface area contributed by atoms with E-state index in [1.165, 1.54) is 25.8 Å². The molecule has 1 atom stereocenters. The maximum atomic E-state index is 5.09. The van der Waals surface area contributed by atoms with Gasteiger partial charge in [-0.3, -0.25) is 9.89 Å². The first-order valence-electron chi connectivity index (χ1n) is 7.75. The van der Waals surface area contributed by atoms with Crippen molar-refractivity contribution in [1.29, 1.82) is 0 Å². The Morgan fingerprint density at radius 1 is 1.43 bits per heavy atom. The Hall–Kier alpha value is -1.63. The summed E-state index contributed by atoms with van der Waals surface area (Å²) in [4.78, 5) is 11.1. The number of nitrogens with zero attached hydrogens (tertiary/aromatic N) is 4. The zero-order valence-electron chi connectivity index (χ0n) is 12.8. The molecule has 1 saturated carbocycles. The summed E-state index contributed by atoms with van der Waals surface area (Å²) in [5, 5.41) is 10.6. The summed E-state index contributed by atoms with van der Waals surface area (Å²) in [5.41, 5.74) is 0. The number of nitrogens with one attached hydrogen (secondary N) is 2. The van der Waals surface area contributed by atoms with Crippen LogP contribution in [0.25, 0.3) is 0 Å². The van der Waals surface area contributed by atoms with Crippen molar-refractivity contribution in [2.75, 3.05) is 26.7 Å². The smallest absolute Gasteiger partial charge is 0.228 e. The molecule has 1 aromatic rings. The van der Waals surface area contributed by atoms with Crippen molar-refractivity contribution in [2.24, 2.45) is 4.99 Å². The van der Waals surface area contributed by atoms with Crippen LogP contribution in [-0.4, -0.2) is 59.8 Å². The molecule has 1 aliphatic carbocycles. The molecule has 116 valence electrons. The SMILES string of the molecule is CN=C(NCCc1nc(C)no1)NC1CCN(C2CC2)C1. The van der Waals surface area contributed by atoms with Crippen molar-refractivity contribution in [3.05, 3.63) is 11.7 Å². The molecule has 0 spiro atoms. The lowest BCUT2D eigenvalue weighted by Gasteiger charge is -2.18. The maximum absolute atomic E-state index is 5.09. The van der Waals surface area contributed by atoms with Gasteiger partial charge in [-0.25, -0.2) is 0 Å². The zero-order chi connectivity index (χ0) is 14.7. The number of likely N-dealkylation sites (tertiary alicyclic amines) is 1. The molecule has 0 amide bonds. The Bertz CT molecular complexity index is 495. The number of rotatable bonds is 5. The molecule has 1 aromatic heterocycles. The van der Waals surface area contributed by atoms with Crippen LogP contribution in [0.2, 0.25) is 0 Å². The predicted octanol–water partition coefficient (Wildman–Crippen LogP) is 0.322. The highest BCUT2D eigenvalue weighted by Crippen LogP contribution is 2.29. The minimum absolute atomic E-state index is 0.502. The monoisotopic (exact) mass is 292 g/mol. The molecule has 2 heterocycles. The number of hydrogen-bond acceptors (Lipinski definition) is 5. The molecule has 0 aromatic carbocycles. The van der Waals surface area contributed by atoms with Gasteiger partial charge in [-0.2, -0.15) is 4.98 Å². The van der Waals surface area contributed by atoms with E-state index in [0.29, 0.717) is 24.2 Å². The van der Waals surface area contributed by atoms with Gasteiger partial charge in [-0.05, 0) is 26.2 Å². The Labute approximate surface area is 125 Å². The number of aromatic nitrogens is 2. The standard InChI is InChI=1S/C14H24N6O/c1-10-17-13(21-19-10)5-7-16-14(15-2)18-11-6-8-20(9-11)12-3-4-12/h11-12H,3-9H2,1-2H3,(H2,15,16,18). The molecule has 3 rings (SSSR count). The van der Waals surface area contributed by atoms with E-state index >= 15 is 0 Å². The molecule has 21 heavy (non-hydrogen) atoms. The van der Waals surface area contributed by atoms with E-state index in [4.69, 9.17) is 4.52 Å². The lowest BCUT2D eigenvalue weighted by atomic mass is 10.3. The molecule has 0 radical (unpaired) electrons. The van der Waals surface area contributed by atoms with Crippen molar-refractivity contribution in [3.8, 4) is 0 Å². The Kier molecular flexibility index (Phi) is 4.38. The first-order valence-corrected chi connectivity index (χ1v) is 7.75. The van der Waals surface area contributed by atoms with Crippen LogP contribution in [0.15, 0.2) is 9.52 Å². The molecule has 1 saturated heterocycles. The second kappa shape index (κ2) is 6.43. The van der Waals surface area contributed by atoms with Crippen molar-refractivity contribution in [3.63, 3.8) is 0 Å². The quantitative estimate of drug-likeness (QED) is 0.601. The zero-order valence-corrected chi connectivity index (χ0v) is 12.8. The van der Waals surface area contributed by atoms with Gasteiger partial charge in [0.25, 0.3) is 0 Å². The topological polar surface area (TPSA) is 78.6 Å². The normalized spacial score (nSPS) is 23.5. The summed E-state index contributed by atoms with van der Waals surface area (Å²) < 4.78 is 5.09. The third kappa shape index (κ3) is 3.93. The molecule has 7 heteroatoms. The van der Waals surface area contributed by atoms with Gasteiger partial charge in [0.05, 0.1) is 0 Å². The van der Waals surface area contributed by atoms with Crippen molar-refractivity contribution in [2.45, 2.75) is 44.7 Å². The van der Waals surface area contributed by atoms with Crippen LogP contribution in [-0.2, 0) is 6.42 Å². The molecule has 2 fully saturated rings. The average Bonchev–Trinajstić information content (AvgIpc) is 3.09. The summed E-state index contributed by atoms with van der Waals surface area (Å²) in [6, 6.07) is 1.36. The second-order valence-electron chi connectivity index (χ2n) is 5.84. The molecule has 0 bridgehead atoms. The number of aliphatic imine (C=N–C) groups is 1. The highest BCUT2D eigenvalue weighted by Gasteiger charge is 2.34. The third-order valence-electron chi connectivity index (χ3n) is 4.05. The van der Waals surface area contributed by atoms with Crippen LogP contribution >= 0.6 is 0 Å². The lowest BCUT2D eigenvalue weighted by molar-refractivity contribution is 0.321. The second-order valence-corrected chi connectivity index (χ2v) is 5.84. The summed E-state index contributed by atoms with van der Waals surface area (Å²) in [5.74, 6) is 2.20. The minimum atomic E-state index is 0.502. The van der Waals surface area contributed by atoms with Gasteiger partial charge >= 0.3 is 0 Å². The van der Waals surface area contributed by atoms with Crippen molar-refractivity contribution >= 4 is 5.96 Å². The predicted molar refractivity (Wildman–Crippen MR) is 80.2 cm³/mol. The van der Waals surface area contributed by atoms with Gasteiger partial charge in [0.2, 0.25) is 5.89 Å². The van der Waals surface area contributed by atoms with E-state index in [0.717, 1.165) is 25.1 Å². The lowest BCUT2D eigenvalue weighted by Crippen LogP contribution is -2.45.